The van der Waals surface area contributed by atoms with Crippen LogP contribution in [0.5, 0.6) is 0 Å². The molecular weight excluding hydrogens is 390 g/mol. The van der Waals surface area contributed by atoms with Crippen molar-refractivity contribution in [2.45, 2.75) is 32.4 Å². The average Bonchev–Trinajstić information content (AvgIpc) is 3.30. The Morgan fingerprint density at radius 3 is 2.79 bits per heavy atom. The van der Waals surface area contributed by atoms with Crippen LogP contribution in [-0.2, 0) is 0 Å². The Balaban J connectivity index is 1.75. The number of benzene rings is 1. The summed E-state index contributed by atoms with van der Waals surface area (Å²) in [5, 5.41) is 4.91. The van der Waals surface area contributed by atoms with Crippen LogP contribution in [0.2, 0.25) is 5.02 Å². The third-order valence-corrected chi connectivity index (χ3v) is 5.88. The van der Waals surface area contributed by atoms with Gasteiger partial charge in [-0.1, -0.05) is 36.7 Å². The number of hydrogen-bond acceptors (Lipinski definition) is 3. The van der Waals surface area contributed by atoms with E-state index in [4.69, 9.17) is 28.2 Å². The number of nitrogens with zero attached hydrogens (tertiary/aromatic N) is 2. The van der Waals surface area contributed by atoms with Gasteiger partial charge in [0, 0.05) is 23.3 Å². The molecule has 1 aromatic carbocycles. The average molecular weight is 412 g/mol. The smallest absolute Gasteiger partial charge is 0.170 e. The highest BCUT2D eigenvalue weighted by atomic mass is 35.5. The SMILES string of the molecule is CCCN1C(=S)N[C@H](c2ccccn2)[C@@H]1c1ccc(-c2cccc(Cl)c2C)o1. The van der Waals surface area contributed by atoms with Gasteiger partial charge in [-0.15, -0.1) is 0 Å². The molecule has 3 heterocycles. The van der Waals surface area contributed by atoms with Crippen LogP contribution in [0.3, 0.4) is 0 Å². The summed E-state index contributed by atoms with van der Waals surface area (Å²) in [6.07, 6.45) is 2.80. The minimum Gasteiger partial charge on any atom is -0.459 e. The van der Waals surface area contributed by atoms with Crippen LogP contribution in [0.4, 0.5) is 0 Å². The number of pyridine rings is 1. The Morgan fingerprint density at radius 2 is 2.04 bits per heavy atom. The highest BCUT2D eigenvalue weighted by Crippen LogP contribution is 2.41. The van der Waals surface area contributed by atoms with Gasteiger partial charge in [-0.25, -0.2) is 0 Å². The maximum atomic E-state index is 6.34. The molecule has 0 radical (unpaired) electrons. The summed E-state index contributed by atoms with van der Waals surface area (Å²) in [6, 6.07) is 15.7. The molecule has 1 aliphatic rings. The number of nitrogens with one attached hydrogen (secondary N) is 1. The van der Waals surface area contributed by atoms with Gasteiger partial charge < -0.3 is 14.6 Å². The molecule has 2 aromatic heterocycles. The third-order valence-electron chi connectivity index (χ3n) is 5.11. The van der Waals surface area contributed by atoms with Crippen molar-refractivity contribution in [1.82, 2.24) is 15.2 Å². The van der Waals surface area contributed by atoms with Crippen LogP contribution < -0.4 is 5.32 Å². The quantitative estimate of drug-likeness (QED) is 0.546. The fraction of sp³-hybridized carbons (Fsp3) is 0.273. The summed E-state index contributed by atoms with van der Waals surface area (Å²) < 4.78 is 6.34. The number of furan rings is 1. The van der Waals surface area contributed by atoms with E-state index in [0.29, 0.717) is 0 Å². The first kappa shape index (κ1) is 19.0. The van der Waals surface area contributed by atoms with E-state index in [0.717, 1.165) is 51.4 Å². The molecule has 1 fully saturated rings. The predicted octanol–water partition coefficient (Wildman–Crippen LogP) is 5.69. The van der Waals surface area contributed by atoms with Gasteiger partial charge in [0.2, 0.25) is 0 Å². The molecule has 0 amide bonds. The molecule has 0 spiro atoms. The van der Waals surface area contributed by atoms with Gasteiger partial charge in [-0.2, -0.15) is 0 Å². The molecule has 4 nitrogen and oxygen atoms in total. The van der Waals surface area contributed by atoms with Gasteiger partial charge in [0.15, 0.2) is 5.11 Å². The molecule has 0 saturated carbocycles. The first-order valence-corrected chi connectivity index (χ1v) is 10.2. The molecule has 6 heteroatoms. The Labute approximate surface area is 175 Å². The van der Waals surface area contributed by atoms with E-state index < -0.39 is 0 Å². The molecule has 1 aliphatic heterocycles. The summed E-state index contributed by atoms with van der Waals surface area (Å²) in [5.74, 6) is 1.68. The second kappa shape index (κ2) is 7.94. The molecule has 1 saturated heterocycles. The molecular formula is C22H22ClN3OS. The number of halogens is 1. The summed E-state index contributed by atoms with van der Waals surface area (Å²) in [5.41, 5.74) is 2.96. The zero-order valence-electron chi connectivity index (χ0n) is 15.9. The molecule has 1 N–H and O–H groups in total. The Morgan fingerprint density at radius 1 is 1.18 bits per heavy atom. The maximum absolute atomic E-state index is 6.34. The van der Waals surface area contributed by atoms with E-state index in [-0.39, 0.29) is 12.1 Å². The van der Waals surface area contributed by atoms with Gasteiger partial charge in [-0.05, 0) is 61.5 Å². The van der Waals surface area contributed by atoms with Crippen LogP contribution >= 0.6 is 23.8 Å². The molecule has 0 unspecified atom stereocenters. The van der Waals surface area contributed by atoms with E-state index in [1.54, 1.807) is 0 Å². The zero-order valence-corrected chi connectivity index (χ0v) is 17.4. The summed E-state index contributed by atoms with van der Waals surface area (Å²) in [6.45, 7) is 5.01. The summed E-state index contributed by atoms with van der Waals surface area (Å²) >= 11 is 11.9. The molecule has 28 heavy (non-hydrogen) atoms. The first-order chi connectivity index (χ1) is 13.6. The van der Waals surface area contributed by atoms with Crippen LogP contribution in [-0.4, -0.2) is 21.5 Å². The fourth-order valence-electron chi connectivity index (χ4n) is 3.73. The topological polar surface area (TPSA) is 41.3 Å². The standard InChI is InChI=1S/C22H22ClN3OS/c1-3-13-26-21(20(25-22(26)28)17-9-4-5-12-24-17)19-11-10-18(27-19)15-7-6-8-16(23)14(15)2/h4-12,20-21H,3,13H2,1-2H3,(H,25,28)/t20-,21+/m1/s1. The normalized spacial score (nSPS) is 19.1. The first-order valence-electron chi connectivity index (χ1n) is 9.43. The van der Waals surface area contributed by atoms with E-state index in [1.807, 2.05) is 61.7 Å². The lowest BCUT2D eigenvalue weighted by Crippen LogP contribution is -2.30. The zero-order chi connectivity index (χ0) is 19.7. The van der Waals surface area contributed by atoms with Crippen molar-refractivity contribution in [3.05, 3.63) is 76.8 Å². The van der Waals surface area contributed by atoms with E-state index >= 15 is 0 Å². The van der Waals surface area contributed by atoms with Gasteiger partial charge >= 0.3 is 0 Å². The highest BCUT2D eigenvalue weighted by molar-refractivity contribution is 7.80. The molecule has 3 aromatic rings. The van der Waals surface area contributed by atoms with Gasteiger partial charge in [0.1, 0.15) is 17.6 Å². The highest BCUT2D eigenvalue weighted by Gasteiger charge is 2.41. The number of hydrogen-bond donors (Lipinski definition) is 1. The minimum atomic E-state index is -0.0558. The van der Waals surface area contributed by atoms with Gasteiger partial charge in [-0.3, -0.25) is 4.98 Å². The second-order valence-electron chi connectivity index (χ2n) is 6.93. The minimum absolute atomic E-state index is 0.0457. The number of aromatic nitrogens is 1. The predicted molar refractivity (Wildman–Crippen MR) is 116 cm³/mol. The Hall–Kier alpha value is -2.37. The van der Waals surface area contributed by atoms with Crippen molar-refractivity contribution >= 4 is 28.9 Å². The molecule has 0 bridgehead atoms. The van der Waals surface area contributed by atoms with E-state index in [2.05, 4.69) is 22.1 Å². The molecule has 2 atom stereocenters. The van der Waals surface area contributed by atoms with Crippen LogP contribution in [0.15, 0.2) is 59.1 Å². The van der Waals surface area contributed by atoms with Gasteiger partial charge in [0.25, 0.3) is 0 Å². The van der Waals surface area contributed by atoms with Gasteiger partial charge in [0.05, 0.1) is 11.7 Å². The molecule has 4 rings (SSSR count). The monoisotopic (exact) mass is 411 g/mol. The van der Waals surface area contributed by atoms with Crippen molar-refractivity contribution in [2.75, 3.05) is 6.54 Å². The third kappa shape index (κ3) is 3.40. The molecule has 144 valence electrons. The van der Waals surface area contributed by atoms with Crippen LogP contribution in [0, 0.1) is 6.92 Å². The second-order valence-corrected chi connectivity index (χ2v) is 7.73. The Bertz CT molecular complexity index is 988. The maximum Gasteiger partial charge on any atom is 0.170 e. The van der Waals surface area contributed by atoms with Crippen molar-refractivity contribution in [2.24, 2.45) is 0 Å². The Kier molecular flexibility index (Phi) is 5.38. The number of rotatable bonds is 5. The molecule has 0 aliphatic carbocycles. The lowest BCUT2D eigenvalue weighted by Gasteiger charge is -2.25. The van der Waals surface area contributed by atoms with E-state index in [1.165, 1.54) is 0 Å². The summed E-state index contributed by atoms with van der Waals surface area (Å²) in [4.78, 5) is 6.74. The van der Waals surface area contributed by atoms with Crippen molar-refractivity contribution < 1.29 is 4.42 Å². The lowest BCUT2D eigenvalue weighted by atomic mass is 10.0. The van der Waals surface area contributed by atoms with Crippen molar-refractivity contribution in [1.29, 1.82) is 0 Å². The summed E-state index contributed by atoms with van der Waals surface area (Å²) in [7, 11) is 0. The van der Waals surface area contributed by atoms with Crippen LogP contribution in [0.1, 0.15) is 42.4 Å². The van der Waals surface area contributed by atoms with Crippen molar-refractivity contribution in [3.63, 3.8) is 0 Å². The van der Waals surface area contributed by atoms with E-state index in [9.17, 15) is 0 Å². The fourth-order valence-corrected chi connectivity index (χ4v) is 4.23. The van der Waals surface area contributed by atoms with Crippen molar-refractivity contribution in [3.8, 4) is 11.3 Å². The largest absolute Gasteiger partial charge is 0.459 e. The number of thiocarbonyl (C=S) groups is 1. The lowest BCUT2D eigenvalue weighted by molar-refractivity contribution is 0.275. The van der Waals surface area contributed by atoms with Crippen LogP contribution in [0.25, 0.3) is 11.3 Å².